The van der Waals surface area contributed by atoms with Gasteiger partial charge in [0.25, 0.3) is 0 Å². The second-order valence-electron chi connectivity index (χ2n) is 3.09. The van der Waals surface area contributed by atoms with Crippen LogP contribution in [0.4, 0.5) is 0 Å². The van der Waals surface area contributed by atoms with Gasteiger partial charge in [-0.25, -0.2) is 9.79 Å². The number of ether oxygens (including phenoxy) is 2. The molecule has 0 spiro atoms. The zero-order valence-corrected chi connectivity index (χ0v) is 6.95. The molecule has 0 aromatic carbocycles. The van der Waals surface area contributed by atoms with Crippen molar-refractivity contribution in [2.24, 2.45) is 10.9 Å². The maximum Gasteiger partial charge on any atom is 0.334 e. The summed E-state index contributed by atoms with van der Waals surface area (Å²) in [5.41, 5.74) is 0. The molecule has 1 aliphatic heterocycles. The highest BCUT2D eigenvalue weighted by atomic mass is 16.5. The van der Waals surface area contributed by atoms with Crippen LogP contribution in [0.1, 0.15) is 12.8 Å². The van der Waals surface area contributed by atoms with E-state index in [0.29, 0.717) is 12.5 Å². The third-order valence-corrected chi connectivity index (χ3v) is 2.07. The van der Waals surface area contributed by atoms with E-state index in [4.69, 9.17) is 4.74 Å². The smallest absolute Gasteiger partial charge is 0.334 e. The average Bonchev–Trinajstić information content (AvgIpc) is 2.83. The van der Waals surface area contributed by atoms with Gasteiger partial charge in [0.1, 0.15) is 6.61 Å². The second kappa shape index (κ2) is 2.77. The van der Waals surface area contributed by atoms with Gasteiger partial charge in [0, 0.05) is 5.92 Å². The van der Waals surface area contributed by atoms with Crippen molar-refractivity contribution < 1.29 is 14.3 Å². The Bertz CT molecular complexity index is 232. The maximum absolute atomic E-state index is 11.0. The molecule has 12 heavy (non-hydrogen) atoms. The number of aliphatic imine (C=N–C) groups is 1. The minimum absolute atomic E-state index is 0.300. The van der Waals surface area contributed by atoms with E-state index in [1.165, 1.54) is 7.11 Å². The van der Waals surface area contributed by atoms with Crippen molar-refractivity contribution in [1.82, 2.24) is 0 Å². The first kappa shape index (κ1) is 7.58. The Hall–Kier alpha value is -1.06. The van der Waals surface area contributed by atoms with E-state index < -0.39 is 6.04 Å². The lowest BCUT2D eigenvalue weighted by Crippen LogP contribution is -2.21. The fraction of sp³-hybridized carbons (Fsp3) is 0.750. The molecule has 1 heterocycles. The molecule has 1 unspecified atom stereocenters. The largest absolute Gasteiger partial charge is 0.478 e. The Balaban J connectivity index is 1.98. The number of nitrogens with zero attached hydrogens (tertiary/aromatic N) is 1. The van der Waals surface area contributed by atoms with Gasteiger partial charge in [0.15, 0.2) is 11.9 Å². The SMILES string of the molecule is COC(=O)C1COC(C2CC2)=N1. The molecule has 0 aromatic heterocycles. The molecule has 4 heteroatoms. The summed E-state index contributed by atoms with van der Waals surface area (Å²) < 4.78 is 9.82. The fourth-order valence-corrected chi connectivity index (χ4v) is 1.20. The molecule has 1 atom stereocenters. The highest BCUT2D eigenvalue weighted by Crippen LogP contribution is 2.33. The number of hydrogen-bond acceptors (Lipinski definition) is 4. The molecular formula is C8H11NO3. The minimum atomic E-state index is -0.411. The summed E-state index contributed by atoms with van der Waals surface area (Å²) in [5, 5.41) is 0. The second-order valence-corrected chi connectivity index (χ2v) is 3.09. The minimum Gasteiger partial charge on any atom is -0.478 e. The quantitative estimate of drug-likeness (QED) is 0.561. The van der Waals surface area contributed by atoms with Gasteiger partial charge in [-0.2, -0.15) is 0 Å². The van der Waals surface area contributed by atoms with Crippen LogP contribution in [-0.4, -0.2) is 31.6 Å². The molecular weight excluding hydrogens is 158 g/mol. The predicted octanol–water partition coefficient (Wildman–Crippen LogP) is 0.367. The standard InChI is InChI=1S/C8H11NO3/c1-11-8(10)6-4-12-7(9-6)5-2-3-5/h5-6H,2-4H2,1H3. The summed E-state index contributed by atoms with van der Waals surface area (Å²) in [7, 11) is 1.37. The van der Waals surface area contributed by atoms with E-state index in [2.05, 4.69) is 9.73 Å². The maximum atomic E-state index is 11.0. The molecule has 0 radical (unpaired) electrons. The first-order valence-corrected chi connectivity index (χ1v) is 4.09. The molecule has 0 amide bonds. The van der Waals surface area contributed by atoms with E-state index >= 15 is 0 Å². The molecule has 1 fully saturated rings. The summed E-state index contributed by atoms with van der Waals surface area (Å²) in [5.74, 6) is 0.940. The first-order chi connectivity index (χ1) is 5.81. The van der Waals surface area contributed by atoms with E-state index in [1.54, 1.807) is 0 Å². The van der Waals surface area contributed by atoms with E-state index in [0.717, 1.165) is 18.7 Å². The molecule has 66 valence electrons. The molecule has 4 nitrogen and oxygen atoms in total. The molecule has 0 bridgehead atoms. The zero-order valence-electron chi connectivity index (χ0n) is 6.95. The average molecular weight is 169 g/mol. The summed E-state index contributed by atoms with van der Waals surface area (Å²) >= 11 is 0. The number of carbonyl (C=O) groups excluding carboxylic acids is 1. The van der Waals surface area contributed by atoms with E-state index in [9.17, 15) is 4.79 Å². The molecule has 2 rings (SSSR count). The monoisotopic (exact) mass is 169 g/mol. The third kappa shape index (κ3) is 1.29. The van der Waals surface area contributed by atoms with Crippen LogP contribution in [0.5, 0.6) is 0 Å². The molecule has 1 aliphatic carbocycles. The van der Waals surface area contributed by atoms with Gasteiger partial charge >= 0.3 is 5.97 Å². The number of rotatable bonds is 2. The number of carbonyl (C=O) groups is 1. The van der Waals surface area contributed by atoms with Crippen molar-refractivity contribution in [2.45, 2.75) is 18.9 Å². The summed E-state index contributed by atoms with van der Waals surface area (Å²) in [6.45, 7) is 0.360. The topological polar surface area (TPSA) is 47.9 Å². The van der Waals surface area contributed by atoms with Gasteiger partial charge in [-0.15, -0.1) is 0 Å². The highest BCUT2D eigenvalue weighted by Gasteiger charge is 2.35. The van der Waals surface area contributed by atoms with Gasteiger partial charge < -0.3 is 9.47 Å². The van der Waals surface area contributed by atoms with E-state index in [-0.39, 0.29) is 5.97 Å². The number of esters is 1. The lowest BCUT2D eigenvalue weighted by Gasteiger charge is -2.00. The summed E-state index contributed by atoms with van der Waals surface area (Å²) in [6.07, 6.45) is 2.29. The third-order valence-electron chi connectivity index (χ3n) is 2.07. The summed E-state index contributed by atoms with van der Waals surface area (Å²) in [6, 6.07) is -0.411. The molecule has 1 saturated carbocycles. The van der Waals surface area contributed by atoms with Crippen LogP contribution in [0.15, 0.2) is 4.99 Å². The molecule has 0 N–H and O–H groups in total. The predicted molar refractivity (Wildman–Crippen MR) is 41.9 cm³/mol. The summed E-state index contributed by atoms with van der Waals surface area (Å²) in [4.78, 5) is 15.1. The molecule has 0 saturated heterocycles. The van der Waals surface area contributed by atoms with Crippen molar-refractivity contribution in [3.8, 4) is 0 Å². The van der Waals surface area contributed by atoms with Crippen LogP contribution >= 0.6 is 0 Å². The normalized spacial score (nSPS) is 27.8. The Morgan fingerprint density at radius 2 is 2.42 bits per heavy atom. The Morgan fingerprint density at radius 1 is 1.67 bits per heavy atom. The fourth-order valence-electron chi connectivity index (χ4n) is 1.20. The van der Waals surface area contributed by atoms with Crippen molar-refractivity contribution in [2.75, 3.05) is 13.7 Å². The van der Waals surface area contributed by atoms with Crippen LogP contribution < -0.4 is 0 Å². The lowest BCUT2D eigenvalue weighted by molar-refractivity contribution is -0.142. The van der Waals surface area contributed by atoms with Crippen molar-refractivity contribution in [3.63, 3.8) is 0 Å². The van der Waals surface area contributed by atoms with Crippen molar-refractivity contribution in [1.29, 1.82) is 0 Å². The van der Waals surface area contributed by atoms with Crippen LogP contribution in [0.3, 0.4) is 0 Å². The van der Waals surface area contributed by atoms with Crippen LogP contribution in [0.2, 0.25) is 0 Å². The van der Waals surface area contributed by atoms with Crippen LogP contribution in [-0.2, 0) is 14.3 Å². The van der Waals surface area contributed by atoms with Crippen molar-refractivity contribution in [3.05, 3.63) is 0 Å². The van der Waals surface area contributed by atoms with Gasteiger partial charge in [0.2, 0.25) is 0 Å². The first-order valence-electron chi connectivity index (χ1n) is 4.09. The van der Waals surface area contributed by atoms with Gasteiger partial charge in [-0.05, 0) is 12.8 Å². The van der Waals surface area contributed by atoms with Gasteiger partial charge in [-0.1, -0.05) is 0 Å². The number of hydrogen-bond donors (Lipinski definition) is 0. The van der Waals surface area contributed by atoms with Crippen LogP contribution in [0, 0.1) is 5.92 Å². The lowest BCUT2D eigenvalue weighted by atomic mass is 10.3. The Labute approximate surface area is 70.6 Å². The van der Waals surface area contributed by atoms with Gasteiger partial charge in [-0.3, -0.25) is 0 Å². The number of methoxy groups -OCH3 is 1. The van der Waals surface area contributed by atoms with Crippen LogP contribution in [0.25, 0.3) is 0 Å². The van der Waals surface area contributed by atoms with Gasteiger partial charge in [0.05, 0.1) is 7.11 Å². The highest BCUT2D eigenvalue weighted by molar-refractivity contribution is 5.88. The molecule has 2 aliphatic rings. The Morgan fingerprint density at radius 3 is 3.00 bits per heavy atom. The van der Waals surface area contributed by atoms with E-state index in [1.807, 2.05) is 0 Å². The molecule has 0 aromatic rings. The van der Waals surface area contributed by atoms with Crippen molar-refractivity contribution >= 4 is 11.9 Å². The zero-order chi connectivity index (χ0) is 8.55. The Kier molecular flexibility index (Phi) is 1.75.